The molecule has 2 aromatic rings. The van der Waals surface area contributed by atoms with Crippen LogP contribution in [0.5, 0.6) is 0 Å². The Labute approximate surface area is 146 Å². The van der Waals surface area contributed by atoms with Gasteiger partial charge >= 0.3 is 0 Å². The fraction of sp³-hybridized carbons (Fsp3) is 0.500. The maximum atomic E-state index is 12.5. The van der Waals surface area contributed by atoms with E-state index < -0.39 is 0 Å². The minimum Gasteiger partial charge on any atom is -0.379 e. The van der Waals surface area contributed by atoms with Crippen LogP contribution in [-0.4, -0.2) is 59.1 Å². The maximum Gasteiger partial charge on any atom is 0.270 e. The Kier molecular flexibility index (Phi) is 5.45. The van der Waals surface area contributed by atoms with Crippen molar-refractivity contribution in [3.05, 3.63) is 46.0 Å². The van der Waals surface area contributed by atoms with Gasteiger partial charge in [0.1, 0.15) is 11.2 Å². The first-order valence-corrected chi connectivity index (χ1v) is 8.63. The van der Waals surface area contributed by atoms with Gasteiger partial charge in [0.15, 0.2) is 0 Å². The number of nitrogens with one attached hydrogen (secondary N) is 1. The predicted octanol–water partition coefficient (Wildman–Crippen LogP) is 0.844. The highest BCUT2D eigenvalue weighted by molar-refractivity contribution is 5.93. The van der Waals surface area contributed by atoms with Crippen molar-refractivity contribution in [2.75, 3.05) is 32.8 Å². The van der Waals surface area contributed by atoms with Crippen molar-refractivity contribution in [1.82, 2.24) is 19.6 Å². The SMILES string of the molecule is Cc1ccc2ncc(C(=O)N[C@H](C)CCN3CCOCC3)c(=O)n2c1. The van der Waals surface area contributed by atoms with Crippen LogP contribution < -0.4 is 10.9 Å². The van der Waals surface area contributed by atoms with Gasteiger partial charge in [-0.3, -0.25) is 18.9 Å². The monoisotopic (exact) mass is 344 g/mol. The molecular formula is C18H24N4O3. The van der Waals surface area contributed by atoms with Crippen LogP contribution in [0.3, 0.4) is 0 Å². The molecule has 1 fully saturated rings. The van der Waals surface area contributed by atoms with Gasteiger partial charge in [-0.05, 0) is 31.9 Å². The molecule has 0 saturated carbocycles. The number of rotatable bonds is 5. The second kappa shape index (κ2) is 7.76. The number of nitrogens with zero attached hydrogens (tertiary/aromatic N) is 3. The third-order valence-corrected chi connectivity index (χ3v) is 4.45. The summed E-state index contributed by atoms with van der Waals surface area (Å²) in [5.41, 5.74) is 1.20. The Morgan fingerprint density at radius 3 is 2.88 bits per heavy atom. The van der Waals surface area contributed by atoms with Crippen molar-refractivity contribution >= 4 is 11.6 Å². The van der Waals surface area contributed by atoms with Crippen LogP contribution >= 0.6 is 0 Å². The van der Waals surface area contributed by atoms with Crippen LogP contribution in [0.4, 0.5) is 0 Å². The van der Waals surface area contributed by atoms with Gasteiger partial charge in [0.05, 0.1) is 13.2 Å². The molecule has 134 valence electrons. The molecule has 1 N–H and O–H groups in total. The van der Waals surface area contributed by atoms with E-state index in [2.05, 4.69) is 15.2 Å². The van der Waals surface area contributed by atoms with Gasteiger partial charge in [-0.2, -0.15) is 0 Å². The number of morpholine rings is 1. The second-order valence-corrected chi connectivity index (χ2v) is 6.53. The second-order valence-electron chi connectivity index (χ2n) is 6.53. The normalized spacial score (nSPS) is 16.7. The van der Waals surface area contributed by atoms with Crippen molar-refractivity contribution in [2.24, 2.45) is 0 Å². The quantitative estimate of drug-likeness (QED) is 0.870. The smallest absolute Gasteiger partial charge is 0.270 e. The average Bonchev–Trinajstić information content (AvgIpc) is 2.61. The highest BCUT2D eigenvalue weighted by Gasteiger charge is 2.17. The Morgan fingerprint density at radius 1 is 1.36 bits per heavy atom. The van der Waals surface area contributed by atoms with Gasteiger partial charge in [-0.25, -0.2) is 4.98 Å². The third-order valence-electron chi connectivity index (χ3n) is 4.45. The predicted molar refractivity (Wildman–Crippen MR) is 95.0 cm³/mol. The molecule has 0 bridgehead atoms. The number of hydrogen-bond donors (Lipinski definition) is 1. The summed E-state index contributed by atoms with van der Waals surface area (Å²) in [5.74, 6) is -0.372. The number of amides is 1. The number of fused-ring (bicyclic) bond motifs is 1. The van der Waals surface area contributed by atoms with E-state index in [9.17, 15) is 9.59 Å². The number of carbonyl (C=O) groups is 1. The van der Waals surface area contributed by atoms with Crippen LogP contribution in [-0.2, 0) is 4.74 Å². The summed E-state index contributed by atoms with van der Waals surface area (Å²) in [6.07, 6.45) is 3.88. The molecule has 1 saturated heterocycles. The molecule has 3 rings (SSSR count). The van der Waals surface area contributed by atoms with Gasteiger partial charge in [0, 0.05) is 38.1 Å². The van der Waals surface area contributed by atoms with E-state index in [0.29, 0.717) is 5.65 Å². The molecule has 0 aliphatic carbocycles. The Balaban J connectivity index is 1.65. The number of hydrogen-bond acceptors (Lipinski definition) is 5. The van der Waals surface area contributed by atoms with Crippen LogP contribution in [0.2, 0.25) is 0 Å². The molecule has 1 atom stereocenters. The van der Waals surface area contributed by atoms with Crippen molar-refractivity contribution in [1.29, 1.82) is 0 Å². The summed E-state index contributed by atoms with van der Waals surface area (Å²) in [7, 11) is 0. The van der Waals surface area contributed by atoms with E-state index in [0.717, 1.165) is 44.8 Å². The Bertz CT molecular complexity index is 812. The van der Waals surface area contributed by atoms with E-state index in [1.807, 2.05) is 19.9 Å². The van der Waals surface area contributed by atoms with E-state index in [4.69, 9.17) is 4.74 Å². The Morgan fingerprint density at radius 2 is 2.12 bits per heavy atom. The van der Waals surface area contributed by atoms with Crippen molar-refractivity contribution in [3.63, 3.8) is 0 Å². The average molecular weight is 344 g/mol. The van der Waals surface area contributed by atoms with Gasteiger partial charge in [0.25, 0.3) is 11.5 Å². The Hall–Kier alpha value is -2.25. The topological polar surface area (TPSA) is 75.9 Å². The van der Waals surface area contributed by atoms with Crippen LogP contribution in [0.1, 0.15) is 29.3 Å². The lowest BCUT2D eigenvalue weighted by Gasteiger charge is -2.27. The first kappa shape index (κ1) is 17.6. The molecule has 0 aromatic carbocycles. The minimum absolute atomic E-state index is 0.0204. The summed E-state index contributed by atoms with van der Waals surface area (Å²) >= 11 is 0. The number of aryl methyl sites for hydroxylation is 1. The summed E-state index contributed by atoms with van der Waals surface area (Å²) in [4.78, 5) is 31.5. The zero-order valence-corrected chi connectivity index (χ0v) is 14.7. The highest BCUT2D eigenvalue weighted by Crippen LogP contribution is 2.04. The van der Waals surface area contributed by atoms with Gasteiger partial charge in [-0.15, -0.1) is 0 Å². The molecule has 1 aliphatic heterocycles. The lowest BCUT2D eigenvalue weighted by molar-refractivity contribution is 0.0363. The summed E-state index contributed by atoms with van der Waals surface area (Å²) in [6, 6.07) is 3.63. The lowest BCUT2D eigenvalue weighted by Crippen LogP contribution is -2.41. The van der Waals surface area contributed by atoms with E-state index in [-0.39, 0.29) is 23.1 Å². The molecule has 1 aliphatic rings. The van der Waals surface area contributed by atoms with E-state index in [1.54, 1.807) is 12.3 Å². The fourth-order valence-electron chi connectivity index (χ4n) is 2.91. The number of ether oxygens (including phenoxy) is 1. The summed E-state index contributed by atoms with van der Waals surface area (Å²) in [5, 5.41) is 2.91. The molecule has 1 amide bonds. The first-order valence-electron chi connectivity index (χ1n) is 8.63. The molecule has 25 heavy (non-hydrogen) atoms. The first-order chi connectivity index (χ1) is 12.0. The van der Waals surface area contributed by atoms with Crippen molar-refractivity contribution in [3.8, 4) is 0 Å². The van der Waals surface area contributed by atoms with E-state index in [1.165, 1.54) is 10.6 Å². The lowest BCUT2D eigenvalue weighted by atomic mass is 10.2. The molecule has 0 unspecified atom stereocenters. The maximum absolute atomic E-state index is 12.5. The van der Waals surface area contributed by atoms with Crippen molar-refractivity contribution < 1.29 is 9.53 Å². The molecule has 0 radical (unpaired) electrons. The van der Waals surface area contributed by atoms with Crippen LogP contribution in [0.15, 0.2) is 29.3 Å². The van der Waals surface area contributed by atoms with Crippen LogP contribution in [0.25, 0.3) is 5.65 Å². The highest BCUT2D eigenvalue weighted by atomic mass is 16.5. The van der Waals surface area contributed by atoms with E-state index >= 15 is 0 Å². The zero-order valence-electron chi connectivity index (χ0n) is 14.7. The summed E-state index contributed by atoms with van der Waals surface area (Å²) in [6.45, 7) is 8.13. The molecule has 7 heteroatoms. The molecule has 0 spiro atoms. The largest absolute Gasteiger partial charge is 0.379 e. The molecular weight excluding hydrogens is 320 g/mol. The number of carbonyl (C=O) groups excluding carboxylic acids is 1. The van der Waals surface area contributed by atoms with Gasteiger partial charge in [-0.1, -0.05) is 6.07 Å². The van der Waals surface area contributed by atoms with Gasteiger partial charge < -0.3 is 10.1 Å². The van der Waals surface area contributed by atoms with Crippen LogP contribution in [0, 0.1) is 6.92 Å². The minimum atomic E-state index is -0.372. The summed E-state index contributed by atoms with van der Waals surface area (Å²) < 4.78 is 6.75. The zero-order chi connectivity index (χ0) is 17.8. The standard InChI is InChI=1S/C18H24N4O3/c1-13-3-4-16-19-11-15(18(24)22(16)12-13)17(23)20-14(2)5-6-21-7-9-25-10-8-21/h3-4,11-12,14H,5-10H2,1-2H3,(H,20,23)/t14-/m1/s1. The fourth-order valence-corrected chi connectivity index (χ4v) is 2.91. The molecule has 3 heterocycles. The number of aromatic nitrogens is 2. The molecule has 7 nitrogen and oxygen atoms in total. The molecule has 2 aromatic heterocycles. The van der Waals surface area contributed by atoms with Gasteiger partial charge in [0.2, 0.25) is 0 Å². The number of pyridine rings is 1. The third kappa shape index (κ3) is 4.24. The van der Waals surface area contributed by atoms with Crippen molar-refractivity contribution in [2.45, 2.75) is 26.3 Å².